The maximum Gasteiger partial charge on any atom is 0.0621 e. The molecule has 1 heteroatoms. The van der Waals surface area contributed by atoms with Crippen molar-refractivity contribution in [3.8, 4) is 6.07 Å². The second kappa shape index (κ2) is 10.2. The lowest BCUT2D eigenvalue weighted by Gasteiger charge is -1.91. The monoisotopic (exact) mass is 165 g/mol. The lowest BCUT2D eigenvalue weighted by atomic mass is 10.2. The van der Waals surface area contributed by atoms with E-state index in [1.165, 1.54) is 25.7 Å². The molecule has 0 rings (SSSR count). The molecular formula is C11H19N. The number of unbranched alkanes of at least 4 members (excludes halogenated alkanes) is 5. The Morgan fingerprint density at radius 1 is 1.08 bits per heavy atom. The van der Waals surface area contributed by atoms with Crippen LogP contribution in [0.3, 0.4) is 0 Å². The van der Waals surface area contributed by atoms with Gasteiger partial charge in [0.15, 0.2) is 0 Å². The number of nitrogens with zero attached hydrogens (tertiary/aromatic N) is 1. The van der Waals surface area contributed by atoms with Gasteiger partial charge in [-0.25, -0.2) is 0 Å². The fraction of sp³-hybridized carbons (Fsp3) is 0.727. The summed E-state index contributed by atoms with van der Waals surface area (Å²) in [5, 5.41) is 8.26. The second-order valence-electron chi connectivity index (χ2n) is 3.02. The van der Waals surface area contributed by atoms with E-state index in [4.69, 9.17) is 5.26 Å². The first-order valence-electron chi connectivity index (χ1n) is 4.93. The summed E-state index contributed by atoms with van der Waals surface area (Å²) in [7, 11) is 0. The zero-order valence-electron chi connectivity index (χ0n) is 8.05. The van der Waals surface area contributed by atoms with E-state index >= 15 is 0 Å². The van der Waals surface area contributed by atoms with E-state index in [0.717, 1.165) is 12.8 Å². The fourth-order valence-corrected chi connectivity index (χ4v) is 1.05. The van der Waals surface area contributed by atoms with Crippen molar-refractivity contribution in [3.63, 3.8) is 0 Å². The van der Waals surface area contributed by atoms with Crippen LogP contribution in [-0.2, 0) is 0 Å². The van der Waals surface area contributed by atoms with Gasteiger partial charge in [-0.05, 0) is 25.7 Å². The van der Waals surface area contributed by atoms with E-state index in [0.29, 0.717) is 6.42 Å². The molecule has 0 unspecified atom stereocenters. The highest BCUT2D eigenvalue weighted by Crippen LogP contribution is 2.01. The maximum absolute atomic E-state index is 8.26. The Labute approximate surface area is 76.1 Å². The lowest BCUT2D eigenvalue weighted by Crippen LogP contribution is -1.72. The molecule has 12 heavy (non-hydrogen) atoms. The summed E-state index contributed by atoms with van der Waals surface area (Å²) in [5.74, 6) is 0. The van der Waals surface area contributed by atoms with E-state index in [9.17, 15) is 0 Å². The van der Waals surface area contributed by atoms with Crippen LogP contribution in [0.25, 0.3) is 0 Å². The van der Waals surface area contributed by atoms with Crippen LogP contribution < -0.4 is 0 Å². The minimum Gasteiger partial charge on any atom is -0.198 e. The van der Waals surface area contributed by atoms with Crippen molar-refractivity contribution in [2.24, 2.45) is 0 Å². The molecule has 0 saturated heterocycles. The Kier molecular flexibility index (Phi) is 9.57. The molecule has 0 N–H and O–H groups in total. The van der Waals surface area contributed by atoms with Gasteiger partial charge in [0.25, 0.3) is 0 Å². The van der Waals surface area contributed by atoms with Gasteiger partial charge >= 0.3 is 0 Å². The molecule has 0 aromatic carbocycles. The fourth-order valence-electron chi connectivity index (χ4n) is 1.05. The van der Waals surface area contributed by atoms with E-state index in [1.54, 1.807) is 0 Å². The zero-order chi connectivity index (χ0) is 9.07. The van der Waals surface area contributed by atoms with Crippen LogP contribution in [0.1, 0.15) is 51.9 Å². The molecule has 0 spiro atoms. The molecule has 0 aliphatic carbocycles. The summed E-state index contributed by atoms with van der Waals surface area (Å²) >= 11 is 0. The van der Waals surface area contributed by atoms with Crippen molar-refractivity contribution in [1.82, 2.24) is 0 Å². The molecular weight excluding hydrogens is 146 g/mol. The molecule has 0 heterocycles. The van der Waals surface area contributed by atoms with Crippen molar-refractivity contribution in [2.45, 2.75) is 51.9 Å². The number of rotatable bonds is 7. The highest BCUT2D eigenvalue weighted by molar-refractivity contribution is 4.82. The number of hydrogen-bond acceptors (Lipinski definition) is 1. The van der Waals surface area contributed by atoms with Crippen LogP contribution in [0, 0.1) is 11.3 Å². The van der Waals surface area contributed by atoms with Gasteiger partial charge in [0, 0.05) is 6.42 Å². The Hall–Kier alpha value is -0.770. The first-order chi connectivity index (χ1) is 5.91. The molecule has 1 nitrogen and oxygen atoms in total. The molecule has 0 aliphatic rings. The maximum atomic E-state index is 8.26. The van der Waals surface area contributed by atoms with Crippen LogP contribution >= 0.6 is 0 Å². The molecule has 0 fully saturated rings. The molecule has 0 aliphatic heterocycles. The third-order valence-corrected chi connectivity index (χ3v) is 1.80. The molecule has 0 saturated carbocycles. The minimum absolute atomic E-state index is 0.694. The Balaban J connectivity index is 2.99. The van der Waals surface area contributed by atoms with Crippen molar-refractivity contribution in [1.29, 1.82) is 5.26 Å². The first-order valence-corrected chi connectivity index (χ1v) is 4.93. The van der Waals surface area contributed by atoms with E-state index in [1.807, 2.05) is 0 Å². The van der Waals surface area contributed by atoms with Crippen LogP contribution in [0.5, 0.6) is 0 Å². The van der Waals surface area contributed by atoms with Crippen LogP contribution in [0.4, 0.5) is 0 Å². The average molecular weight is 165 g/mol. The quantitative estimate of drug-likeness (QED) is 0.415. The normalized spacial score (nSPS) is 10.3. The van der Waals surface area contributed by atoms with E-state index in [2.05, 4.69) is 25.1 Å². The summed E-state index contributed by atoms with van der Waals surface area (Å²) in [6, 6.07) is 2.15. The van der Waals surface area contributed by atoms with Crippen LogP contribution in [0.15, 0.2) is 12.2 Å². The second-order valence-corrected chi connectivity index (χ2v) is 3.02. The molecule has 68 valence electrons. The van der Waals surface area contributed by atoms with Crippen molar-refractivity contribution in [3.05, 3.63) is 12.2 Å². The minimum atomic E-state index is 0.694. The van der Waals surface area contributed by atoms with Gasteiger partial charge < -0.3 is 0 Å². The number of allylic oxidation sites excluding steroid dienone is 2. The van der Waals surface area contributed by atoms with Gasteiger partial charge in [-0.15, -0.1) is 0 Å². The Morgan fingerprint density at radius 3 is 2.33 bits per heavy atom. The summed E-state index contributed by atoms with van der Waals surface area (Å²) < 4.78 is 0. The standard InChI is InChI=1S/C11H19N/c1-2-3-4-5-6-7-8-9-10-11-12/h6-7H,2-5,8-10H2,1H3. The third-order valence-electron chi connectivity index (χ3n) is 1.80. The number of nitriles is 1. The summed E-state index contributed by atoms with van der Waals surface area (Å²) in [6.45, 7) is 2.22. The first kappa shape index (κ1) is 11.2. The van der Waals surface area contributed by atoms with Crippen molar-refractivity contribution in [2.75, 3.05) is 0 Å². The summed E-state index contributed by atoms with van der Waals surface area (Å²) in [6.07, 6.45) is 12.4. The van der Waals surface area contributed by atoms with Crippen molar-refractivity contribution < 1.29 is 0 Å². The van der Waals surface area contributed by atoms with Crippen LogP contribution in [-0.4, -0.2) is 0 Å². The lowest BCUT2D eigenvalue weighted by molar-refractivity contribution is 0.727. The van der Waals surface area contributed by atoms with Gasteiger partial charge in [-0.3, -0.25) is 0 Å². The predicted molar refractivity (Wildman–Crippen MR) is 52.7 cm³/mol. The molecule has 0 amide bonds. The highest BCUT2D eigenvalue weighted by atomic mass is 14.2. The van der Waals surface area contributed by atoms with Gasteiger partial charge in [-0.1, -0.05) is 31.9 Å². The topological polar surface area (TPSA) is 23.8 Å². The molecule has 0 aromatic heterocycles. The average Bonchev–Trinajstić information content (AvgIpc) is 2.10. The van der Waals surface area contributed by atoms with Crippen molar-refractivity contribution >= 4 is 0 Å². The van der Waals surface area contributed by atoms with E-state index in [-0.39, 0.29) is 0 Å². The zero-order valence-corrected chi connectivity index (χ0v) is 8.05. The highest BCUT2D eigenvalue weighted by Gasteiger charge is 1.83. The van der Waals surface area contributed by atoms with Gasteiger partial charge in [0.2, 0.25) is 0 Å². The van der Waals surface area contributed by atoms with E-state index < -0.39 is 0 Å². The van der Waals surface area contributed by atoms with Crippen LogP contribution in [0.2, 0.25) is 0 Å². The molecule has 0 bridgehead atoms. The third kappa shape index (κ3) is 9.23. The summed E-state index contributed by atoms with van der Waals surface area (Å²) in [4.78, 5) is 0. The van der Waals surface area contributed by atoms with Gasteiger partial charge in [-0.2, -0.15) is 5.26 Å². The molecule has 0 aromatic rings. The predicted octanol–water partition coefficient (Wildman–Crippen LogP) is 3.82. The van der Waals surface area contributed by atoms with Gasteiger partial charge in [0.05, 0.1) is 6.07 Å². The SMILES string of the molecule is CCCCCC=CCCCC#N. The summed E-state index contributed by atoms with van der Waals surface area (Å²) in [5.41, 5.74) is 0. The molecule has 0 atom stereocenters. The smallest absolute Gasteiger partial charge is 0.0621 e. The largest absolute Gasteiger partial charge is 0.198 e. The Bertz CT molecular complexity index is 142. The Morgan fingerprint density at radius 2 is 1.75 bits per heavy atom. The van der Waals surface area contributed by atoms with Gasteiger partial charge in [0.1, 0.15) is 0 Å². The number of hydrogen-bond donors (Lipinski definition) is 0. The molecule has 0 radical (unpaired) electrons.